The van der Waals surface area contributed by atoms with Crippen LogP contribution in [0.5, 0.6) is 0 Å². The summed E-state index contributed by atoms with van der Waals surface area (Å²) in [5.74, 6) is -0.600. The lowest BCUT2D eigenvalue weighted by Crippen LogP contribution is -2.38. The van der Waals surface area contributed by atoms with Gasteiger partial charge in [0.1, 0.15) is 4.90 Å². The van der Waals surface area contributed by atoms with E-state index in [1.54, 1.807) is 13.8 Å². The summed E-state index contributed by atoms with van der Waals surface area (Å²) in [7, 11) is -3.90. The molecule has 1 rings (SSSR count). The van der Waals surface area contributed by atoms with Gasteiger partial charge in [0.05, 0.1) is 10.0 Å². The summed E-state index contributed by atoms with van der Waals surface area (Å²) in [5, 5.41) is -0.708. The van der Waals surface area contributed by atoms with Crippen molar-refractivity contribution < 1.29 is 12.8 Å². The molecule has 0 unspecified atom stereocenters. The van der Waals surface area contributed by atoms with E-state index in [1.165, 1.54) is 16.4 Å². The van der Waals surface area contributed by atoms with Gasteiger partial charge in [0.15, 0.2) is 5.82 Å². The maximum atomic E-state index is 13.7. The average Bonchev–Trinajstić information content (AvgIpc) is 2.35. The molecular formula is C12H15Cl3FNO2S. The molecule has 0 fully saturated rings. The Kier molecular flexibility index (Phi) is 6.54. The van der Waals surface area contributed by atoms with E-state index in [0.717, 1.165) is 0 Å². The first-order valence-corrected chi connectivity index (χ1v) is 8.67. The van der Waals surface area contributed by atoms with Crippen LogP contribution in [0.25, 0.3) is 0 Å². The van der Waals surface area contributed by atoms with Gasteiger partial charge in [-0.3, -0.25) is 0 Å². The molecule has 114 valence electrons. The Bertz CT molecular complexity index is 578. The Morgan fingerprint density at radius 2 is 1.90 bits per heavy atom. The highest BCUT2D eigenvalue weighted by Gasteiger charge is 2.30. The van der Waals surface area contributed by atoms with E-state index in [0.29, 0.717) is 12.3 Å². The Balaban J connectivity index is 3.30. The molecule has 8 heteroatoms. The van der Waals surface area contributed by atoms with Gasteiger partial charge in [0, 0.05) is 18.5 Å². The molecule has 1 aromatic rings. The highest BCUT2D eigenvalue weighted by Crippen LogP contribution is 2.32. The Morgan fingerprint density at radius 3 is 2.40 bits per heavy atom. The van der Waals surface area contributed by atoms with E-state index in [4.69, 9.17) is 34.8 Å². The standard InChI is InChI=1S/C12H15Cl3FNO2S/c1-8(2)17(7-3-6-13)20(18,19)10-5-4-9(14)12(16)11(10)15/h4-5,8H,3,6-7H2,1-2H3. The van der Waals surface area contributed by atoms with Crippen molar-refractivity contribution in [2.45, 2.75) is 31.2 Å². The summed E-state index contributed by atoms with van der Waals surface area (Å²) in [6, 6.07) is 2.09. The van der Waals surface area contributed by atoms with E-state index in [1.807, 2.05) is 0 Å². The minimum Gasteiger partial charge on any atom is -0.207 e. The molecule has 20 heavy (non-hydrogen) atoms. The SMILES string of the molecule is CC(C)N(CCCCl)S(=O)(=O)c1ccc(Cl)c(F)c1Cl. The zero-order valence-corrected chi connectivity index (χ0v) is 14.1. The van der Waals surface area contributed by atoms with Crippen molar-refractivity contribution in [2.24, 2.45) is 0 Å². The number of sulfonamides is 1. The number of benzene rings is 1. The molecule has 0 aromatic heterocycles. The third-order valence-electron chi connectivity index (χ3n) is 2.67. The lowest BCUT2D eigenvalue weighted by Gasteiger charge is -2.26. The summed E-state index contributed by atoms with van der Waals surface area (Å²) < 4.78 is 40.0. The van der Waals surface area contributed by atoms with Crippen molar-refractivity contribution in [3.63, 3.8) is 0 Å². The van der Waals surface area contributed by atoms with Crippen LogP contribution in [0.4, 0.5) is 4.39 Å². The molecule has 3 nitrogen and oxygen atoms in total. The van der Waals surface area contributed by atoms with Gasteiger partial charge in [-0.05, 0) is 32.4 Å². The first kappa shape index (κ1) is 18.0. The van der Waals surface area contributed by atoms with E-state index < -0.39 is 20.9 Å². The Morgan fingerprint density at radius 1 is 1.30 bits per heavy atom. The predicted molar refractivity (Wildman–Crippen MR) is 80.8 cm³/mol. The molecule has 0 bridgehead atoms. The molecule has 0 N–H and O–H groups in total. The second kappa shape index (κ2) is 7.27. The second-order valence-electron chi connectivity index (χ2n) is 4.43. The minimum atomic E-state index is -3.90. The van der Waals surface area contributed by atoms with Crippen LogP contribution in [-0.2, 0) is 10.0 Å². The molecule has 0 aliphatic heterocycles. The lowest BCUT2D eigenvalue weighted by molar-refractivity contribution is 0.354. The predicted octanol–water partition coefficient (Wildman–Crippen LogP) is 4.16. The fourth-order valence-electron chi connectivity index (χ4n) is 1.71. The highest BCUT2D eigenvalue weighted by atomic mass is 35.5. The van der Waals surface area contributed by atoms with Gasteiger partial charge < -0.3 is 0 Å². The zero-order chi connectivity index (χ0) is 15.5. The van der Waals surface area contributed by atoms with E-state index in [-0.39, 0.29) is 22.5 Å². The molecule has 0 heterocycles. The van der Waals surface area contributed by atoms with Crippen molar-refractivity contribution in [2.75, 3.05) is 12.4 Å². The topological polar surface area (TPSA) is 37.4 Å². The van der Waals surface area contributed by atoms with Gasteiger partial charge in [-0.1, -0.05) is 23.2 Å². The van der Waals surface area contributed by atoms with E-state index >= 15 is 0 Å². The molecule has 0 saturated heterocycles. The molecule has 0 aliphatic rings. The highest BCUT2D eigenvalue weighted by molar-refractivity contribution is 7.89. The van der Waals surface area contributed by atoms with Crippen LogP contribution in [0.15, 0.2) is 17.0 Å². The Labute approximate surface area is 133 Å². The number of halogens is 4. The van der Waals surface area contributed by atoms with Crippen molar-refractivity contribution in [1.82, 2.24) is 4.31 Å². The summed E-state index contributed by atoms with van der Waals surface area (Å²) in [5.41, 5.74) is 0. The van der Waals surface area contributed by atoms with Crippen molar-refractivity contribution in [3.8, 4) is 0 Å². The first-order valence-electron chi connectivity index (χ1n) is 5.94. The summed E-state index contributed by atoms with van der Waals surface area (Å²) in [6.07, 6.45) is 0.493. The van der Waals surface area contributed by atoms with Crippen LogP contribution in [0.1, 0.15) is 20.3 Å². The van der Waals surface area contributed by atoms with Crippen molar-refractivity contribution in [1.29, 1.82) is 0 Å². The molecule has 0 aliphatic carbocycles. The number of hydrogen-bond acceptors (Lipinski definition) is 2. The Hall–Kier alpha value is -0.0700. The van der Waals surface area contributed by atoms with Gasteiger partial charge in [-0.2, -0.15) is 4.31 Å². The lowest BCUT2D eigenvalue weighted by atomic mass is 10.3. The van der Waals surface area contributed by atoms with Gasteiger partial charge in [0.25, 0.3) is 0 Å². The van der Waals surface area contributed by atoms with Crippen molar-refractivity contribution in [3.05, 3.63) is 28.0 Å². The van der Waals surface area contributed by atoms with Gasteiger partial charge in [0.2, 0.25) is 10.0 Å². The van der Waals surface area contributed by atoms with E-state index in [9.17, 15) is 12.8 Å². The first-order chi connectivity index (χ1) is 9.23. The van der Waals surface area contributed by atoms with E-state index in [2.05, 4.69) is 0 Å². The fourth-order valence-corrected chi connectivity index (χ4v) is 4.22. The third kappa shape index (κ3) is 3.77. The quantitative estimate of drug-likeness (QED) is 0.563. The minimum absolute atomic E-state index is 0.217. The third-order valence-corrected chi connectivity index (χ3v) is 5.83. The molecule has 0 radical (unpaired) electrons. The maximum Gasteiger partial charge on any atom is 0.244 e. The monoisotopic (exact) mass is 361 g/mol. The van der Waals surface area contributed by atoms with Gasteiger partial charge in [-0.25, -0.2) is 12.8 Å². The smallest absolute Gasteiger partial charge is 0.207 e. The molecule has 0 atom stereocenters. The number of hydrogen-bond donors (Lipinski definition) is 0. The molecule has 0 amide bonds. The maximum absolute atomic E-state index is 13.7. The van der Waals surface area contributed by atoms with Crippen LogP contribution in [-0.4, -0.2) is 31.2 Å². The van der Waals surface area contributed by atoms with Crippen LogP contribution < -0.4 is 0 Å². The van der Waals surface area contributed by atoms with Crippen LogP contribution in [0.2, 0.25) is 10.0 Å². The largest absolute Gasteiger partial charge is 0.244 e. The number of rotatable bonds is 6. The molecule has 1 aromatic carbocycles. The summed E-state index contributed by atoms with van der Waals surface area (Å²) >= 11 is 16.9. The summed E-state index contributed by atoms with van der Waals surface area (Å²) in [6.45, 7) is 3.70. The fraction of sp³-hybridized carbons (Fsp3) is 0.500. The average molecular weight is 363 g/mol. The molecule has 0 saturated carbocycles. The normalized spacial score (nSPS) is 12.4. The van der Waals surface area contributed by atoms with Crippen LogP contribution >= 0.6 is 34.8 Å². The van der Waals surface area contributed by atoms with Gasteiger partial charge >= 0.3 is 0 Å². The second-order valence-corrected chi connectivity index (χ2v) is 7.45. The van der Waals surface area contributed by atoms with Crippen LogP contribution in [0, 0.1) is 5.82 Å². The number of alkyl halides is 1. The van der Waals surface area contributed by atoms with Crippen LogP contribution in [0.3, 0.4) is 0 Å². The molecular weight excluding hydrogens is 348 g/mol. The van der Waals surface area contributed by atoms with Crippen molar-refractivity contribution >= 4 is 44.8 Å². The summed E-state index contributed by atoms with van der Waals surface area (Å²) in [4.78, 5) is -0.288. The molecule has 0 spiro atoms. The van der Waals surface area contributed by atoms with Gasteiger partial charge in [-0.15, -0.1) is 11.6 Å². The number of nitrogens with zero attached hydrogens (tertiary/aromatic N) is 1. The zero-order valence-electron chi connectivity index (χ0n) is 11.0.